The van der Waals surface area contributed by atoms with Crippen molar-refractivity contribution in [2.75, 3.05) is 0 Å². The molecule has 2 aromatic rings. The van der Waals surface area contributed by atoms with Gasteiger partial charge in [0, 0.05) is 10.4 Å². The molecule has 1 aromatic carbocycles. The number of nitrogens with one attached hydrogen (secondary N) is 1. The number of hydrogen-bond donors (Lipinski definition) is 1. The molecule has 1 N–H and O–H groups in total. The first-order valence-electron chi connectivity index (χ1n) is 5.92. The van der Waals surface area contributed by atoms with Crippen LogP contribution < -0.4 is 0 Å². The molecule has 0 atom stereocenters. The summed E-state index contributed by atoms with van der Waals surface area (Å²) in [6.45, 7) is 0. The van der Waals surface area contributed by atoms with Crippen LogP contribution in [0.5, 0.6) is 0 Å². The molecule has 3 rings (SSSR count). The van der Waals surface area contributed by atoms with Crippen LogP contribution in [0.25, 0.3) is 5.69 Å². The number of benzene rings is 1. The van der Waals surface area contributed by atoms with Gasteiger partial charge in [0.1, 0.15) is 5.82 Å². The molecule has 0 saturated heterocycles. The van der Waals surface area contributed by atoms with Crippen molar-refractivity contribution in [3.63, 3.8) is 0 Å². The van der Waals surface area contributed by atoms with Gasteiger partial charge in [0.15, 0.2) is 4.77 Å². The first-order chi connectivity index (χ1) is 9.38. The van der Waals surface area contributed by atoms with Crippen LogP contribution in [-0.4, -0.2) is 14.8 Å². The zero-order valence-corrected chi connectivity index (χ0v) is 12.4. The molecule has 0 radical (unpaired) electrons. The topological polar surface area (TPSA) is 33.6 Å². The molecular weight excluding hydrogens is 355 g/mol. The Balaban J connectivity index is 2.19. The van der Waals surface area contributed by atoms with Crippen molar-refractivity contribution in [1.29, 1.82) is 0 Å². The third-order valence-corrected chi connectivity index (χ3v) is 4.10. The quantitative estimate of drug-likeness (QED) is 0.791. The molecule has 1 aromatic heterocycles. The highest BCUT2D eigenvalue weighted by Gasteiger charge is 2.33. The van der Waals surface area contributed by atoms with Gasteiger partial charge in [-0.15, -0.1) is 0 Å². The van der Waals surface area contributed by atoms with Crippen molar-refractivity contribution in [1.82, 2.24) is 14.8 Å². The fraction of sp³-hybridized carbons (Fsp3) is 0.333. The average Bonchev–Trinajstić information content (AvgIpc) is 3.13. The first kappa shape index (κ1) is 13.8. The van der Waals surface area contributed by atoms with Crippen LogP contribution in [0.3, 0.4) is 0 Å². The summed E-state index contributed by atoms with van der Waals surface area (Å²) in [5.41, 5.74) is -0.346. The fourth-order valence-electron chi connectivity index (χ4n) is 2.02. The number of halogens is 4. The van der Waals surface area contributed by atoms with Gasteiger partial charge in [0.25, 0.3) is 0 Å². The SMILES string of the molecule is FC(F)(F)c1ccc(Br)c(-n2c(C3CC3)n[nH]c2=S)c1. The monoisotopic (exact) mass is 363 g/mol. The summed E-state index contributed by atoms with van der Waals surface area (Å²) in [6.07, 6.45) is -2.42. The first-order valence-corrected chi connectivity index (χ1v) is 7.12. The van der Waals surface area contributed by atoms with E-state index in [-0.39, 0.29) is 5.92 Å². The molecular formula is C12H9BrF3N3S. The van der Waals surface area contributed by atoms with E-state index < -0.39 is 11.7 Å². The number of aromatic amines is 1. The molecule has 0 amide bonds. The zero-order chi connectivity index (χ0) is 14.5. The van der Waals surface area contributed by atoms with Gasteiger partial charge in [0.2, 0.25) is 0 Å². The molecule has 1 heterocycles. The second-order valence-corrected chi connectivity index (χ2v) is 5.90. The summed E-state index contributed by atoms with van der Waals surface area (Å²) in [5, 5.41) is 6.79. The standard InChI is InChI=1S/C12H9BrF3N3S/c13-8-4-3-7(12(14,15)16)5-9(8)19-10(6-1-2-6)17-18-11(19)20/h3-6H,1-2H2,(H,18,20). The summed E-state index contributed by atoms with van der Waals surface area (Å²) in [6, 6.07) is 3.50. The number of H-pyrrole nitrogens is 1. The maximum Gasteiger partial charge on any atom is 0.416 e. The molecule has 106 valence electrons. The second-order valence-electron chi connectivity index (χ2n) is 4.66. The lowest BCUT2D eigenvalue weighted by Crippen LogP contribution is -2.08. The lowest BCUT2D eigenvalue weighted by Gasteiger charge is -2.12. The van der Waals surface area contributed by atoms with Crippen molar-refractivity contribution in [3.05, 3.63) is 38.8 Å². The molecule has 1 aliphatic carbocycles. The predicted octanol–water partition coefficient (Wildman–Crippen LogP) is 4.59. The van der Waals surface area contributed by atoms with Gasteiger partial charge in [-0.25, -0.2) is 0 Å². The minimum Gasteiger partial charge on any atom is -0.271 e. The van der Waals surface area contributed by atoms with Crippen molar-refractivity contribution in [2.24, 2.45) is 0 Å². The minimum atomic E-state index is -4.39. The van der Waals surface area contributed by atoms with Gasteiger partial charge in [-0.05, 0) is 59.2 Å². The summed E-state index contributed by atoms with van der Waals surface area (Å²) >= 11 is 8.42. The normalized spacial score (nSPS) is 15.6. The van der Waals surface area contributed by atoms with E-state index in [1.807, 2.05) is 0 Å². The second kappa shape index (κ2) is 4.70. The van der Waals surface area contributed by atoms with E-state index >= 15 is 0 Å². The van der Waals surface area contributed by atoms with Gasteiger partial charge in [-0.1, -0.05) is 0 Å². The molecule has 0 unspecified atom stereocenters. The Morgan fingerprint density at radius 1 is 1.35 bits per heavy atom. The minimum absolute atomic E-state index is 0.268. The van der Waals surface area contributed by atoms with E-state index in [1.54, 1.807) is 4.57 Å². The maximum absolute atomic E-state index is 12.8. The lowest BCUT2D eigenvalue weighted by molar-refractivity contribution is -0.137. The Labute approximate surface area is 125 Å². The maximum atomic E-state index is 12.8. The van der Waals surface area contributed by atoms with Crippen molar-refractivity contribution in [3.8, 4) is 5.69 Å². The average molecular weight is 364 g/mol. The fourth-order valence-corrected chi connectivity index (χ4v) is 2.68. The van der Waals surface area contributed by atoms with Crippen molar-refractivity contribution < 1.29 is 13.2 Å². The van der Waals surface area contributed by atoms with Crippen LogP contribution in [0.4, 0.5) is 13.2 Å². The summed E-state index contributed by atoms with van der Waals surface area (Å²) in [5.74, 6) is 0.958. The van der Waals surface area contributed by atoms with E-state index in [4.69, 9.17) is 12.2 Å². The van der Waals surface area contributed by atoms with Gasteiger partial charge in [0.05, 0.1) is 11.3 Å². The van der Waals surface area contributed by atoms with Crippen LogP contribution in [-0.2, 0) is 6.18 Å². The van der Waals surface area contributed by atoms with E-state index in [9.17, 15) is 13.2 Å². The van der Waals surface area contributed by atoms with Crippen LogP contribution in [0, 0.1) is 4.77 Å². The largest absolute Gasteiger partial charge is 0.416 e. The lowest BCUT2D eigenvalue weighted by atomic mass is 10.2. The smallest absolute Gasteiger partial charge is 0.271 e. The molecule has 1 fully saturated rings. The van der Waals surface area contributed by atoms with E-state index in [0.29, 0.717) is 20.8 Å². The van der Waals surface area contributed by atoms with Crippen LogP contribution in [0.2, 0.25) is 0 Å². The molecule has 8 heteroatoms. The van der Waals surface area contributed by atoms with Crippen LogP contribution in [0.15, 0.2) is 22.7 Å². The third-order valence-electron chi connectivity index (χ3n) is 3.16. The highest BCUT2D eigenvalue weighted by Crippen LogP contribution is 2.41. The Morgan fingerprint density at radius 2 is 2.05 bits per heavy atom. The van der Waals surface area contributed by atoms with Crippen molar-refractivity contribution >= 4 is 28.1 Å². The number of rotatable bonds is 2. The molecule has 1 aliphatic rings. The number of alkyl halides is 3. The third kappa shape index (κ3) is 2.42. The van der Waals surface area contributed by atoms with Crippen molar-refractivity contribution in [2.45, 2.75) is 24.9 Å². The number of hydrogen-bond acceptors (Lipinski definition) is 2. The molecule has 0 aliphatic heterocycles. The van der Waals surface area contributed by atoms with Gasteiger partial charge in [-0.2, -0.15) is 18.3 Å². The Hall–Kier alpha value is -1.15. The Bertz CT molecular complexity index is 715. The van der Waals surface area contributed by atoms with E-state index in [1.165, 1.54) is 6.07 Å². The molecule has 0 spiro atoms. The van der Waals surface area contributed by atoms with Crippen LogP contribution >= 0.6 is 28.1 Å². The molecule has 20 heavy (non-hydrogen) atoms. The predicted molar refractivity (Wildman–Crippen MR) is 73.4 cm³/mol. The highest BCUT2D eigenvalue weighted by molar-refractivity contribution is 9.10. The Morgan fingerprint density at radius 3 is 2.65 bits per heavy atom. The Kier molecular flexibility index (Phi) is 3.24. The van der Waals surface area contributed by atoms with Gasteiger partial charge < -0.3 is 0 Å². The molecule has 0 bridgehead atoms. The molecule has 1 saturated carbocycles. The van der Waals surface area contributed by atoms with Crippen LogP contribution in [0.1, 0.15) is 30.1 Å². The summed E-state index contributed by atoms with van der Waals surface area (Å²) < 4.78 is 40.9. The van der Waals surface area contributed by atoms with Gasteiger partial charge >= 0.3 is 6.18 Å². The summed E-state index contributed by atoms with van der Waals surface area (Å²) in [4.78, 5) is 0. The zero-order valence-electron chi connectivity index (χ0n) is 10.0. The molecule has 3 nitrogen and oxygen atoms in total. The van der Waals surface area contributed by atoms with Gasteiger partial charge in [-0.3, -0.25) is 9.67 Å². The number of nitrogens with zero attached hydrogens (tertiary/aromatic N) is 2. The van der Waals surface area contributed by atoms with E-state index in [0.717, 1.165) is 25.0 Å². The number of aromatic nitrogens is 3. The van der Waals surface area contributed by atoms with E-state index in [2.05, 4.69) is 26.1 Å². The summed E-state index contributed by atoms with van der Waals surface area (Å²) in [7, 11) is 0. The highest BCUT2D eigenvalue weighted by atomic mass is 79.9.